The Bertz CT molecular complexity index is 1630. The Kier molecular flexibility index (Phi) is 7.26. The van der Waals surface area contributed by atoms with Crippen LogP contribution in [0.2, 0.25) is 0 Å². The zero-order valence-corrected chi connectivity index (χ0v) is 22.7. The van der Waals surface area contributed by atoms with E-state index in [9.17, 15) is 18.0 Å². The molecule has 1 aliphatic carbocycles. The number of nitrogens with one attached hydrogen (secondary N) is 1. The van der Waals surface area contributed by atoms with Gasteiger partial charge in [-0.15, -0.1) is 11.3 Å². The molecular weight excluding hydrogens is 528 g/mol. The van der Waals surface area contributed by atoms with Gasteiger partial charge < -0.3 is 9.47 Å². The number of rotatable bonds is 8. The maximum absolute atomic E-state index is 14.0. The van der Waals surface area contributed by atoms with Gasteiger partial charge >= 0.3 is 5.69 Å². The molecule has 0 atom stereocenters. The molecule has 1 amide bonds. The molecule has 0 radical (unpaired) electrons. The Labute approximate surface area is 223 Å². The number of thiazole rings is 1. The molecule has 2 heterocycles. The number of hydrogen-bond donors (Lipinski definition) is 1. The molecule has 200 valence electrons. The summed E-state index contributed by atoms with van der Waals surface area (Å²) in [6, 6.07) is 8.89. The van der Waals surface area contributed by atoms with Gasteiger partial charge in [0.2, 0.25) is 0 Å². The summed E-state index contributed by atoms with van der Waals surface area (Å²) >= 11 is 1.26. The van der Waals surface area contributed by atoms with Gasteiger partial charge in [0.1, 0.15) is 16.4 Å². The van der Waals surface area contributed by atoms with Crippen molar-refractivity contribution >= 4 is 43.4 Å². The van der Waals surface area contributed by atoms with Crippen molar-refractivity contribution in [2.24, 2.45) is 0 Å². The number of fused-ring (bicyclic) bond motifs is 1. The highest BCUT2D eigenvalue weighted by Crippen LogP contribution is 2.34. The molecule has 38 heavy (non-hydrogen) atoms. The summed E-state index contributed by atoms with van der Waals surface area (Å²) in [4.78, 5) is 30.3. The van der Waals surface area contributed by atoms with Crippen LogP contribution in [-0.4, -0.2) is 41.6 Å². The number of imidazole rings is 1. The zero-order chi connectivity index (χ0) is 26.9. The van der Waals surface area contributed by atoms with Crippen molar-refractivity contribution < 1.29 is 22.7 Å². The Balaban J connectivity index is 1.63. The molecule has 1 fully saturated rings. The van der Waals surface area contributed by atoms with Crippen molar-refractivity contribution in [2.75, 3.05) is 19.0 Å². The van der Waals surface area contributed by atoms with Gasteiger partial charge in [0.15, 0.2) is 5.13 Å². The molecule has 2 aromatic carbocycles. The molecule has 0 bridgehead atoms. The molecule has 2 aromatic heterocycles. The summed E-state index contributed by atoms with van der Waals surface area (Å²) in [5.74, 6) is 0.0530. The second-order valence-electron chi connectivity index (χ2n) is 8.95. The molecule has 4 aromatic rings. The normalized spacial score (nSPS) is 14.5. The highest BCUT2D eigenvalue weighted by Gasteiger charge is 2.31. The van der Waals surface area contributed by atoms with Crippen LogP contribution in [0.5, 0.6) is 11.5 Å². The van der Waals surface area contributed by atoms with Crippen LogP contribution in [-0.2, 0) is 10.0 Å². The number of benzene rings is 2. The van der Waals surface area contributed by atoms with Crippen LogP contribution in [0.1, 0.15) is 55.4 Å². The first-order valence-corrected chi connectivity index (χ1v) is 14.7. The minimum Gasteiger partial charge on any atom is -0.495 e. The van der Waals surface area contributed by atoms with Crippen LogP contribution in [0.15, 0.2) is 57.7 Å². The Morgan fingerprint density at radius 3 is 2.61 bits per heavy atom. The van der Waals surface area contributed by atoms with Crippen LogP contribution < -0.4 is 20.5 Å². The first-order chi connectivity index (χ1) is 18.3. The third-order valence-electron chi connectivity index (χ3n) is 6.65. The van der Waals surface area contributed by atoms with E-state index in [0.29, 0.717) is 23.0 Å². The lowest BCUT2D eigenvalue weighted by atomic mass is 9.95. The van der Waals surface area contributed by atoms with E-state index in [-0.39, 0.29) is 27.8 Å². The molecule has 0 spiro atoms. The van der Waals surface area contributed by atoms with E-state index in [0.717, 1.165) is 36.1 Å². The highest BCUT2D eigenvalue weighted by atomic mass is 32.2. The van der Waals surface area contributed by atoms with E-state index < -0.39 is 21.6 Å². The first kappa shape index (κ1) is 26.0. The molecular formula is C26H28N4O6S2. The van der Waals surface area contributed by atoms with E-state index in [1.807, 2.05) is 6.92 Å². The van der Waals surface area contributed by atoms with Gasteiger partial charge in [-0.05, 0) is 50.1 Å². The van der Waals surface area contributed by atoms with Gasteiger partial charge in [0.05, 0.1) is 24.8 Å². The Hall–Kier alpha value is -3.64. The largest absolute Gasteiger partial charge is 0.495 e. The third kappa shape index (κ3) is 4.69. The minimum atomic E-state index is -4.40. The summed E-state index contributed by atoms with van der Waals surface area (Å²) < 4.78 is 41.5. The van der Waals surface area contributed by atoms with Gasteiger partial charge in [0.25, 0.3) is 15.9 Å². The SMILES string of the molecule is CCOc1ccc2c(c1)n(C1CCCCC1)c(=O)n2S(=O)(=O)c1ccc(C(=O)Nc2nccs2)cc1OC. The predicted octanol–water partition coefficient (Wildman–Crippen LogP) is 4.66. The van der Waals surface area contributed by atoms with Crippen LogP contribution in [0.4, 0.5) is 5.13 Å². The van der Waals surface area contributed by atoms with Crippen molar-refractivity contribution in [3.05, 3.63) is 64.0 Å². The molecule has 5 rings (SSSR count). The van der Waals surface area contributed by atoms with Crippen LogP contribution in [0.25, 0.3) is 11.0 Å². The van der Waals surface area contributed by atoms with Crippen LogP contribution in [0.3, 0.4) is 0 Å². The maximum Gasteiger partial charge on any atom is 0.343 e. The smallest absolute Gasteiger partial charge is 0.343 e. The van der Waals surface area contributed by atoms with Crippen molar-refractivity contribution in [1.29, 1.82) is 0 Å². The van der Waals surface area contributed by atoms with Crippen LogP contribution in [0, 0.1) is 0 Å². The number of anilines is 1. The summed E-state index contributed by atoms with van der Waals surface area (Å²) in [5, 5.41) is 4.80. The van der Waals surface area contributed by atoms with Crippen molar-refractivity contribution in [3.8, 4) is 11.5 Å². The summed E-state index contributed by atoms with van der Waals surface area (Å²) in [7, 11) is -3.08. The number of nitrogens with zero attached hydrogens (tertiary/aromatic N) is 3. The number of carbonyl (C=O) groups is 1. The molecule has 10 nitrogen and oxygen atoms in total. The lowest BCUT2D eigenvalue weighted by molar-refractivity contribution is 0.102. The predicted molar refractivity (Wildman–Crippen MR) is 145 cm³/mol. The number of methoxy groups -OCH3 is 1. The van der Waals surface area contributed by atoms with E-state index in [4.69, 9.17) is 9.47 Å². The van der Waals surface area contributed by atoms with Crippen molar-refractivity contribution in [3.63, 3.8) is 0 Å². The molecule has 1 aliphatic rings. The van der Waals surface area contributed by atoms with Crippen molar-refractivity contribution in [1.82, 2.24) is 13.5 Å². The number of aromatic nitrogens is 3. The molecule has 12 heteroatoms. The second kappa shape index (κ2) is 10.6. The van der Waals surface area contributed by atoms with Gasteiger partial charge in [0, 0.05) is 29.2 Å². The van der Waals surface area contributed by atoms with Crippen LogP contribution >= 0.6 is 11.3 Å². The average molecular weight is 557 g/mol. The Morgan fingerprint density at radius 1 is 1.13 bits per heavy atom. The quantitative estimate of drug-likeness (QED) is 0.335. The van der Waals surface area contributed by atoms with Crippen molar-refractivity contribution in [2.45, 2.75) is 50.0 Å². The van der Waals surface area contributed by atoms with E-state index in [2.05, 4.69) is 10.3 Å². The summed E-state index contributed by atoms with van der Waals surface area (Å²) in [5.41, 5.74) is 0.328. The number of amides is 1. The molecule has 1 N–H and O–H groups in total. The lowest BCUT2D eigenvalue weighted by Crippen LogP contribution is -2.32. The maximum atomic E-state index is 14.0. The first-order valence-electron chi connectivity index (χ1n) is 12.4. The van der Waals surface area contributed by atoms with E-state index >= 15 is 0 Å². The minimum absolute atomic E-state index is 0.0480. The molecule has 0 aliphatic heterocycles. The topological polar surface area (TPSA) is 122 Å². The fraction of sp³-hybridized carbons (Fsp3) is 0.346. The average Bonchev–Trinajstić information content (AvgIpc) is 3.53. The number of carbonyl (C=O) groups excluding carboxylic acids is 1. The van der Waals surface area contributed by atoms with Gasteiger partial charge in [-0.3, -0.25) is 14.7 Å². The fourth-order valence-electron chi connectivity index (χ4n) is 4.93. The fourth-order valence-corrected chi connectivity index (χ4v) is 6.99. The zero-order valence-electron chi connectivity index (χ0n) is 21.0. The van der Waals surface area contributed by atoms with Gasteiger partial charge in [-0.25, -0.2) is 18.2 Å². The standard InChI is InChI=1S/C26H28N4O6S2/c1-3-36-19-10-11-20-21(16-19)29(18-7-5-4-6-8-18)26(32)30(20)38(33,34)23-12-9-17(15-22(23)35-2)24(31)28-25-27-13-14-37-25/h9-16,18H,3-8H2,1-2H3,(H,27,28,31). The summed E-state index contributed by atoms with van der Waals surface area (Å²) in [6.07, 6.45) is 6.19. The number of ether oxygens (including phenoxy) is 2. The lowest BCUT2D eigenvalue weighted by Gasteiger charge is -2.23. The third-order valence-corrected chi connectivity index (χ3v) is 9.07. The molecule has 0 unspecified atom stereocenters. The highest BCUT2D eigenvalue weighted by molar-refractivity contribution is 7.90. The number of hydrogen-bond acceptors (Lipinski definition) is 8. The summed E-state index contributed by atoms with van der Waals surface area (Å²) in [6.45, 7) is 2.30. The van der Waals surface area contributed by atoms with E-state index in [1.54, 1.807) is 34.3 Å². The molecule has 0 saturated heterocycles. The monoisotopic (exact) mass is 556 g/mol. The Morgan fingerprint density at radius 2 is 1.92 bits per heavy atom. The van der Waals surface area contributed by atoms with Gasteiger partial charge in [-0.1, -0.05) is 19.3 Å². The second-order valence-corrected chi connectivity index (χ2v) is 11.6. The van der Waals surface area contributed by atoms with Gasteiger partial charge in [-0.2, -0.15) is 3.97 Å². The molecule has 1 saturated carbocycles. The van der Waals surface area contributed by atoms with E-state index in [1.165, 1.54) is 36.6 Å².